The quantitative estimate of drug-likeness (QED) is 0.597. The van der Waals surface area contributed by atoms with E-state index in [1.165, 1.54) is 13.2 Å². The second kappa shape index (κ2) is 4.60. The van der Waals surface area contributed by atoms with Gasteiger partial charge in [0.05, 0.1) is 12.7 Å². The Morgan fingerprint density at radius 2 is 2.00 bits per heavy atom. The van der Waals surface area contributed by atoms with Crippen molar-refractivity contribution in [3.05, 3.63) is 29.3 Å². The molecule has 0 saturated carbocycles. The van der Waals surface area contributed by atoms with Crippen LogP contribution in [0.15, 0.2) is 18.2 Å². The summed E-state index contributed by atoms with van der Waals surface area (Å²) in [5.74, 6) is -1.26. The maximum atomic E-state index is 12.1. The van der Waals surface area contributed by atoms with Gasteiger partial charge >= 0.3 is 5.97 Å². The van der Waals surface area contributed by atoms with E-state index in [9.17, 15) is 14.4 Å². The zero-order valence-corrected chi connectivity index (χ0v) is 10.1. The van der Waals surface area contributed by atoms with Crippen LogP contribution in [-0.2, 0) is 9.53 Å². The van der Waals surface area contributed by atoms with Crippen molar-refractivity contribution in [3.8, 4) is 5.75 Å². The second-order valence-electron chi connectivity index (χ2n) is 3.83. The molecule has 5 nitrogen and oxygen atoms in total. The van der Waals surface area contributed by atoms with Crippen molar-refractivity contribution in [3.63, 3.8) is 0 Å². The number of Topliss-reactive ketones (excluding diaryl/α,β-unsaturated/α-hetero) is 2. The van der Waals surface area contributed by atoms with E-state index in [-0.39, 0.29) is 17.5 Å². The Balaban J connectivity index is 2.41. The van der Waals surface area contributed by atoms with Gasteiger partial charge in [0, 0.05) is 12.0 Å². The monoisotopic (exact) mass is 248 g/mol. The van der Waals surface area contributed by atoms with Crippen molar-refractivity contribution in [2.75, 3.05) is 7.11 Å². The largest absolute Gasteiger partial charge is 0.496 e. The van der Waals surface area contributed by atoms with Crippen LogP contribution in [0.5, 0.6) is 5.75 Å². The molecular formula is C13H12O5. The fraction of sp³-hybridized carbons (Fsp3) is 0.308. The molecular weight excluding hydrogens is 236 g/mol. The summed E-state index contributed by atoms with van der Waals surface area (Å²) in [5.41, 5.74) is 0.437. The molecule has 0 saturated heterocycles. The third-order valence-electron chi connectivity index (χ3n) is 2.77. The topological polar surface area (TPSA) is 69.7 Å². The lowest BCUT2D eigenvalue weighted by molar-refractivity contribution is -0.144. The highest BCUT2D eigenvalue weighted by molar-refractivity contribution is 6.30. The standard InChI is InChI=1S/C13H12O5/c1-3-9(14)18-13-11(15)7-5-4-6-8(17-2)10(7)12(13)16/h4-6,13H,3H2,1-2H3. The number of ketones is 2. The van der Waals surface area contributed by atoms with Gasteiger partial charge in [-0.25, -0.2) is 0 Å². The first kappa shape index (κ1) is 12.3. The van der Waals surface area contributed by atoms with E-state index in [1.54, 1.807) is 19.1 Å². The van der Waals surface area contributed by atoms with Crippen LogP contribution in [-0.4, -0.2) is 30.7 Å². The number of hydrogen-bond acceptors (Lipinski definition) is 5. The van der Waals surface area contributed by atoms with Crippen LogP contribution in [0, 0.1) is 0 Å². The summed E-state index contributed by atoms with van der Waals surface area (Å²) in [7, 11) is 1.42. The zero-order chi connectivity index (χ0) is 13.3. The smallest absolute Gasteiger partial charge is 0.306 e. The minimum atomic E-state index is -1.36. The van der Waals surface area contributed by atoms with E-state index in [4.69, 9.17) is 9.47 Å². The molecule has 1 unspecified atom stereocenters. The molecule has 0 spiro atoms. The fourth-order valence-corrected chi connectivity index (χ4v) is 1.87. The van der Waals surface area contributed by atoms with Crippen molar-refractivity contribution in [2.24, 2.45) is 0 Å². The molecule has 5 heteroatoms. The first-order chi connectivity index (χ1) is 8.60. The Bertz CT molecular complexity index is 532. The lowest BCUT2D eigenvalue weighted by Gasteiger charge is -2.08. The lowest BCUT2D eigenvalue weighted by atomic mass is 10.1. The van der Waals surface area contributed by atoms with Gasteiger partial charge in [-0.3, -0.25) is 14.4 Å². The first-order valence-electron chi connectivity index (χ1n) is 5.55. The van der Waals surface area contributed by atoms with Gasteiger partial charge in [-0.05, 0) is 6.07 Å². The summed E-state index contributed by atoms with van der Waals surface area (Å²) in [6.07, 6.45) is -1.24. The molecule has 0 fully saturated rings. The van der Waals surface area contributed by atoms with Crippen LogP contribution in [0.2, 0.25) is 0 Å². The predicted molar refractivity (Wildman–Crippen MR) is 61.8 cm³/mol. The van der Waals surface area contributed by atoms with Crippen LogP contribution in [0.4, 0.5) is 0 Å². The van der Waals surface area contributed by atoms with Crippen molar-refractivity contribution in [1.82, 2.24) is 0 Å². The maximum absolute atomic E-state index is 12.1. The van der Waals surface area contributed by atoms with Crippen LogP contribution in [0.1, 0.15) is 34.1 Å². The highest BCUT2D eigenvalue weighted by Gasteiger charge is 2.43. The summed E-state index contributed by atoms with van der Waals surface area (Å²) in [6, 6.07) is 4.73. The molecule has 0 radical (unpaired) electrons. The summed E-state index contributed by atoms with van der Waals surface area (Å²) in [4.78, 5) is 35.2. The van der Waals surface area contributed by atoms with Gasteiger partial charge in [0.15, 0.2) is 0 Å². The van der Waals surface area contributed by atoms with Gasteiger partial charge < -0.3 is 9.47 Å². The van der Waals surface area contributed by atoms with Crippen molar-refractivity contribution >= 4 is 17.5 Å². The molecule has 0 bridgehead atoms. The van der Waals surface area contributed by atoms with Gasteiger partial charge in [0.25, 0.3) is 0 Å². The number of rotatable bonds is 3. The van der Waals surface area contributed by atoms with Crippen LogP contribution in [0.25, 0.3) is 0 Å². The molecule has 0 heterocycles. The van der Waals surface area contributed by atoms with Crippen LogP contribution >= 0.6 is 0 Å². The molecule has 0 aromatic heterocycles. The third-order valence-corrected chi connectivity index (χ3v) is 2.77. The number of hydrogen-bond donors (Lipinski definition) is 0. The fourth-order valence-electron chi connectivity index (χ4n) is 1.87. The highest BCUT2D eigenvalue weighted by atomic mass is 16.6. The zero-order valence-electron chi connectivity index (χ0n) is 10.1. The van der Waals surface area contributed by atoms with E-state index >= 15 is 0 Å². The number of carbonyl (C=O) groups is 3. The van der Waals surface area contributed by atoms with Crippen molar-refractivity contribution in [2.45, 2.75) is 19.4 Å². The number of methoxy groups -OCH3 is 1. The minimum absolute atomic E-state index is 0.116. The van der Waals surface area contributed by atoms with Crippen molar-refractivity contribution in [1.29, 1.82) is 0 Å². The summed E-state index contributed by atoms with van der Waals surface area (Å²) >= 11 is 0. The summed E-state index contributed by atoms with van der Waals surface area (Å²) in [6.45, 7) is 1.60. The normalized spacial score (nSPS) is 17.6. The number of ether oxygens (including phenoxy) is 2. The Labute approximate surface area is 104 Å². The molecule has 1 aliphatic carbocycles. The first-order valence-corrected chi connectivity index (χ1v) is 5.55. The van der Waals surface area contributed by atoms with Gasteiger partial charge in [-0.2, -0.15) is 0 Å². The summed E-state index contributed by atoms with van der Waals surface area (Å²) in [5, 5.41) is 0. The number of esters is 1. The Kier molecular flexibility index (Phi) is 3.14. The second-order valence-corrected chi connectivity index (χ2v) is 3.83. The molecule has 18 heavy (non-hydrogen) atoms. The molecule has 1 aromatic rings. The number of carbonyl (C=O) groups excluding carboxylic acids is 3. The highest BCUT2D eigenvalue weighted by Crippen LogP contribution is 2.31. The van der Waals surface area contributed by atoms with E-state index in [0.717, 1.165) is 0 Å². The molecule has 0 N–H and O–H groups in total. The Morgan fingerprint density at radius 3 is 2.61 bits per heavy atom. The average Bonchev–Trinajstić information content (AvgIpc) is 2.63. The summed E-state index contributed by atoms with van der Waals surface area (Å²) < 4.78 is 9.92. The molecule has 94 valence electrons. The van der Waals surface area contributed by atoms with Gasteiger partial charge in [0.1, 0.15) is 5.75 Å². The average molecular weight is 248 g/mol. The Hall–Kier alpha value is -2.17. The van der Waals surface area contributed by atoms with E-state index < -0.39 is 23.6 Å². The number of fused-ring (bicyclic) bond motifs is 1. The minimum Gasteiger partial charge on any atom is -0.496 e. The van der Waals surface area contributed by atoms with Gasteiger partial charge in [0.2, 0.25) is 17.7 Å². The predicted octanol–water partition coefficient (Wildman–Crippen LogP) is 1.40. The maximum Gasteiger partial charge on any atom is 0.306 e. The van der Waals surface area contributed by atoms with E-state index in [1.807, 2.05) is 0 Å². The van der Waals surface area contributed by atoms with E-state index in [2.05, 4.69) is 0 Å². The molecule has 1 atom stereocenters. The van der Waals surface area contributed by atoms with E-state index in [0.29, 0.717) is 5.75 Å². The molecule has 1 aliphatic rings. The van der Waals surface area contributed by atoms with Gasteiger partial charge in [-0.15, -0.1) is 0 Å². The molecule has 0 aliphatic heterocycles. The van der Waals surface area contributed by atoms with Crippen molar-refractivity contribution < 1.29 is 23.9 Å². The molecule has 2 rings (SSSR count). The molecule has 1 aromatic carbocycles. The number of benzene rings is 1. The van der Waals surface area contributed by atoms with Gasteiger partial charge in [-0.1, -0.05) is 19.1 Å². The van der Waals surface area contributed by atoms with Crippen LogP contribution < -0.4 is 4.74 Å². The Morgan fingerprint density at radius 1 is 1.28 bits per heavy atom. The SMILES string of the molecule is CCC(=O)OC1C(=O)c2cccc(OC)c2C1=O. The molecule has 0 amide bonds. The lowest BCUT2D eigenvalue weighted by Crippen LogP contribution is -2.28. The third kappa shape index (κ3) is 1.77. The van der Waals surface area contributed by atoms with Crippen LogP contribution in [0.3, 0.4) is 0 Å².